The summed E-state index contributed by atoms with van der Waals surface area (Å²) in [6.07, 6.45) is 0. The molecule has 0 aromatic heterocycles. The number of aliphatic carboxylic acids is 1. The number of hydrogen-bond acceptors (Lipinski definition) is 3. The maximum absolute atomic E-state index is 11.5. The Morgan fingerprint density at radius 2 is 1.78 bits per heavy atom. The number of carbonyl (C=O) groups is 3. The summed E-state index contributed by atoms with van der Waals surface area (Å²) in [5, 5.41) is 13.4. The number of nitrogens with one attached hydrogen (secondary N) is 2. The van der Waals surface area contributed by atoms with E-state index in [0.29, 0.717) is 11.3 Å². The van der Waals surface area contributed by atoms with Crippen molar-refractivity contribution in [1.82, 2.24) is 5.32 Å². The Kier molecular flexibility index (Phi) is 5.31. The maximum Gasteiger partial charge on any atom is 0.322 e. The first-order valence-electron chi connectivity index (χ1n) is 4.99. The van der Waals surface area contributed by atoms with Crippen molar-refractivity contribution in [3.63, 3.8) is 0 Å². The van der Waals surface area contributed by atoms with Gasteiger partial charge in [-0.1, -0.05) is 15.9 Å². The molecule has 0 unspecified atom stereocenters. The summed E-state index contributed by atoms with van der Waals surface area (Å²) in [7, 11) is 0. The summed E-state index contributed by atoms with van der Waals surface area (Å²) >= 11 is 3.01. The molecular weight excluding hydrogens is 304 g/mol. The lowest BCUT2D eigenvalue weighted by molar-refractivity contribution is -0.135. The highest BCUT2D eigenvalue weighted by molar-refractivity contribution is 9.09. The Morgan fingerprint density at radius 3 is 2.28 bits per heavy atom. The second kappa shape index (κ2) is 6.75. The molecule has 0 atom stereocenters. The molecular formula is C11H11BrN2O4. The standard InChI is InChI=1S/C11H11BrN2O4/c12-5-9(15)14-8-3-1-7(2-4-8)11(18)13-6-10(16)17/h1-4H,5-6H2,(H,13,18)(H,14,15)(H,16,17). The average Bonchev–Trinajstić information content (AvgIpc) is 2.36. The van der Waals surface area contributed by atoms with Gasteiger partial charge in [-0.15, -0.1) is 0 Å². The van der Waals surface area contributed by atoms with E-state index in [1.807, 2.05) is 0 Å². The molecule has 6 nitrogen and oxygen atoms in total. The van der Waals surface area contributed by atoms with Crippen LogP contribution in [0.5, 0.6) is 0 Å². The predicted molar refractivity (Wildman–Crippen MR) is 68.8 cm³/mol. The van der Waals surface area contributed by atoms with Crippen LogP contribution in [0.4, 0.5) is 5.69 Å². The van der Waals surface area contributed by atoms with Gasteiger partial charge in [-0.2, -0.15) is 0 Å². The summed E-state index contributed by atoms with van der Waals surface area (Å²) in [6.45, 7) is -0.430. The first-order valence-corrected chi connectivity index (χ1v) is 6.11. The van der Waals surface area contributed by atoms with E-state index in [1.54, 1.807) is 12.1 Å². The summed E-state index contributed by atoms with van der Waals surface area (Å²) in [6, 6.07) is 6.13. The average molecular weight is 315 g/mol. The molecule has 1 rings (SSSR count). The van der Waals surface area contributed by atoms with Crippen LogP contribution in [0.2, 0.25) is 0 Å². The van der Waals surface area contributed by atoms with Crippen molar-refractivity contribution in [3.05, 3.63) is 29.8 Å². The molecule has 1 aromatic rings. The van der Waals surface area contributed by atoms with E-state index in [9.17, 15) is 14.4 Å². The second-order valence-corrected chi connectivity index (χ2v) is 3.90. The van der Waals surface area contributed by atoms with Crippen LogP contribution in [0, 0.1) is 0 Å². The fourth-order valence-corrected chi connectivity index (χ4v) is 1.30. The summed E-state index contributed by atoms with van der Waals surface area (Å²) in [4.78, 5) is 32.8. The minimum absolute atomic E-state index is 0.188. The number of alkyl halides is 1. The molecule has 0 saturated carbocycles. The van der Waals surface area contributed by atoms with Crippen molar-refractivity contribution in [2.45, 2.75) is 0 Å². The molecule has 7 heteroatoms. The predicted octanol–water partition coefficient (Wildman–Crippen LogP) is 0.834. The third-order valence-corrected chi connectivity index (χ3v) is 2.46. The lowest BCUT2D eigenvalue weighted by Crippen LogP contribution is -2.29. The molecule has 0 aliphatic heterocycles. The van der Waals surface area contributed by atoms with Gasteiger partial charge < -0.3 is 15.7 Å². The Hall–Kier alpha value is -1.89. The third-order valence-electron chi connectivity index (χ3n) is 1.95. The van der Waals surface area contributed by atoms with Gasteiger partial charge in [0.25, 0.3) is 5.91 Å². The minimum Gasteiger partial charge on any atom is -0.480 e. The van der Waals surface area contributed by atoms with Crippen LogP contribution in [-0.4, -0.2) is 34.8 Å². The molecule has 0 spiro atoms. The number of carbonyl (C=O) groups excluding carboxylic acids is 2. The molecule has 1 aromatic carbocycles. The van der Waals surface area contributed by atoms with Crippen molar-refractivity contribution in [3.8, 4) is 0 Å². The Labute approximate surface area is 112 Å². The smallest absolute Gasteiger partial charge is 0.322 e. The number of carboxylic acid groups (broad SMARTS) is 1. The number of rotatable bonds is 5. The van der Waals surface area contributed by atoms with E-state index in [0.717, 1.165) is 0 Å². The molecule has 18 heavy (non-hydrogen) atoms. The van der Waals surface area contributed by atoms with E-state index < -0.39 is 18.4 Å². The van der Waals surface area contributed by atoms with Gasteiger partial charge in [0.05, 0.1) is 5.33 Å². The van der Waals surface area contributed by atoms with E-state index in [4.69, 9.17) is 5.11 Å². The highest BCUT2D eigenvalue weighted by atomic mass is 79.9. The van der Waals surface area contributed by atoms with Crippen LogP contribution < -0.4 is 10.6 Å². The van der Waals surface area contributed by atoms with Crippen molar-refractivity contribution in [2.24, 2.45) is 0 Å². The summed E-state index contributed by atoms with van der Waals surface area (Å²) < 4.78 is 0. The molecule has 96 valence electrons. The Morgan fingerprint density at radius 1 is 1.17 bits per heavy atom. The third kappa shape index (κ3) is 4.54. The topological polar surface area (TPSA) is 95.5 Å². The van der Waals surface area contributed by atoms with Crippen molar-refractivity contribution < 1.29 is 19.5 Å². The molecule has 3 N–H and O–H groups in total. The molecule has 0 aliphatic carbocycles. The number of carboxylic acids is 1. The van der Waals surface area contributed by atoms with Crippen molar-refractivity contribution in [2.75, 3.05) is 17.2 Å². The van der Waals surface area contributed by atoms with Gasteiger partial charge in [0.2, 0.25) is 5.91 Å². The number of hydrogen-bond donors (Lipinski definition) is 3. The molecule has 0 saturated heterocycles. The minimum atomic E-state index is -1.11. The molecule has 0 fully saturated rings. The van der Waals surface area contributed by atoms with Crippen LogP contribution in [0.1, 0.15) is 10.4 Å². The first-order chi connectivity index (χ1) is 8.52. The number of halogens is 1. The largest absolute Gasteiger partial charge is 0.480 e. The number of benzene rings is 1. The zero-order chi connectivity index (χ0) is 13.5. The summed E-state index contributed by atoms with van der Waals surface area (Å²) in [5.74, 6) is -1.78. The zero-order valence-electron chi connectivity index (χ0n) is 9.27. The van der Waals surface area contributed by atoms with Gasteiger partial charge in [0.1, 0.15) is 6.54 Å². The SMILES string of the molecule is O=C(O)CNC(=O)c1ccc(NC(=O)CBr)cc1. The fourth-order valence-electron chi connectivity index (χ4n) is 1.16. The number of amides is 2. The van der Waals surface area contributed by atoms with Gasteiger partial charge in [-0.25, -0.2) is 0 Å². The van der Waals surface area contributed by atoms with E-state index in [1.165, 1.54) is 12.1 Å². The van der Waals surface area contributed by atoms with E-state index in [2.05, 4.69) is 26.6 Å². The Balaban J connectivity index is 2.62. The fraction of sp³-hybridized carbons (Fsp3) is 0.182. The van der Waals surface area contributed by atoms with Gasteiger partial charge in [0, 0.05) is 11.3 Å². The molecule has 0 aliphatic rings. The molecule has 2 amide bonds. The van der Waals surface area contributed by atoms with E-state index >= 15 is 0 Å². The molecule has 0 heterocycles. The van der Waals surface area contributed by atoms with Crippen LogP contribution in [0.3, 0.4) is 0 Å². The highest BCUT2D eigenvalue weighted by Gasteiger charge is 2.07. The lowest BCUT2D eigenvalue weighted by Gasteiger charge is -2.05. The van der Waals surface area contributed by atoms with Gasteiger partial charge in [-0.05, 0) is 24.3 Å². The molecule has 0 radical (unpaired) electrons. The Bertz CT molecular complexity index is 459. The van der Waals surface area contributed by atoms with Crippen molar-refractivity contribution in [1.29, 1.82) is 0 Å². The summed E-state index contributed by atoms with van der Waals surface area (Å²) in [5.41, 5.74) is 0.891. The van der Waals surface area contributed by atoms with Crippen LogP contribution in [0.25, 0.3) is 0 Å². The van der Waals surface area contributed by atoms with Gasteiger partial charge in [0.15, 0.2) is 0 Å². The lowest BCUT2D eigenvalue weighted by atomic mass is 10.2. The highest BCUT2D eigenvalue weighted by Crippen LogP contribution is 2.09. The van der Waals surface area contributed by atoms with Gasteiger partial charge >= 0.3 is 5.97 Å². The maximum atomic E-state index is 11.5. The van der Waals surface area contributed by atoms with Gasteiger partial charge in [-0.3, -0.25) is 14.4 Å². The zero-order valence-corrected chi connectivity index (χ0v) is 10.9. The first kappa shape index (κ1) is 14.2. The van der Waals surface area contributed by atoms with Crippen molar-refractivity contribution >= 4 is 39.4 Å². The monoisotopic (exact) mass is 314 g/mol. The normalized spacial score (nSPS) is 9.61. The van der Waals surface area contributed by atoms with Crippen LogP contribution in [-0.2, 0) is 9.59 Å². The number of anilines is 1. The quantitative estimate of drug-likeness (QED) is 0.702. The van der Waals surface area contributed by atoms with Crippen LogP contribution in [0.15, 0.2) is 24.3 Å². The molecule has 0 bridgehead atoms. The van der Waals surface area contributed by atoms with Crippen LogP contribution >= 0.6 is 15.9 Å². The van der Waals surface area contributed by atoms with E-state index in [-0.39, 0.29) is 11.2 Å². The second-order valence-electron chi connectivity index (χ2n) is 3.34.